The van der Waals surface area contributed by atoms with E-state index >= 15 is 0 Å². The summed E-state index contributed by atoms with van der Waals surface area (Å²) in [7, 11) is 0. The van der Waals surface area contributed by atoms with Crippen molar-refractivity contribution in [2.45, 2.75) is 13.3 Å². The molecular formula is C26H21Cl2N3O3. The van der Waals surface area contributed by atoms with E-state index in [0.29, 0.717) is 28.4 Å². The zero-order valence-electron chi connectivity index (χ0n) is 18.3. The van der Waals surface area contributed by atoms with Crippen LogP contribution in [0.3, 0.4) is 0 Å². The second-order valence-electron chi connectivity index (χ2n) is 7.81. The first-order chi connectivity index (χ1) is 16.3. The molecule has 0 radical (unpaired) electrons. The summed E-state index contributed by atoms with van der Waals surface area (Å²) in [6, 6.07) is 21.4. The predicted molar refractivity (Wildman–Crippen MR) is 134 cm³/mol. The van der Waals surface area contributed by atoms with Crippen LogP contribution >= 0.6 is 23.2 Å². The number of hydrogen-bond acceptors (Lipinski definition) is 4. The smallest absolute Gasteiger partial charge is 0.278 e. The SMILES string of the molecule is Cc1cc(Cl)ccc1NC(=O)c1cccc(NC2=C(Cl)C(=O)N(CCc3ccccc3)C2=O)c1. The molecule has 1 aliphatic rings. The van der Waals surface area contributed by atoms with Crippen molar-refractivity contribution in [2.75, 3.05) is 17.2 Å². The van der Waals surface area contributed by atoms with Crippen molar-refractivity contribution >= 4 is 52.3 Å². The minimum atomic E-state index is -0.544. The number of halogens is 2. The molecule has 0 aliphatic carbocycles. The number of amides is 3. The first-order valence-electron chi connectivity index (χ1n) is 10.6. The van der Waals surface area contributed by atoms with E-state index in [4.69, 9.17) is 23.2 Å². The second-order valence-corrected chi connectivity index (χ2v) is 8.62. The molecule has 0 saturated heterocycles. The lowest BCUT2D eigenvalue weighted by molar-refractivity contribution is -0.137. The van der Waals surface area contributed by atoms with Crippen LogP contribution in [0.1, 0.15) is 21.5 Å². The van der Waals surface area contributed by atoms with Crippen LogP contribution in [0.5, 0.6) is 0 Å². The molecule has 0 spiro atoms. The molecule has 0 aromatic heterocycles. The van der Waals surface area contributed by atoms with E-state index in [0.717, 1.165) is 16.0 Å². The van der Waals surface area contributed by atoms with Gasteiger partial charge in [-0.15, -0.1) is 0 Å². The van der Waals surface area contributed by atoms with Crippen LogP contribution < -0.4 is 10.6 Å². The lowest BCUT2D eigenvalue weighted by Crippen LogP contribution is -2.34. The minimum absolute atomic E-state index is 0.00849. The molecule has 3 aromatic carbocycles. The lowest BCUT2D eigenvalue weighted by Gasteiger charge is -2.15. The number of hydrogen-bond donors (Lipinski definition) is 2. The van der Waals surface area contributed by atoms with Gasteiger partial charge in [0, 0.05) is 28.5 Å². The molecule has 0 bridgehead atoms. The van der Waals surface area contributed by atoms with Crippen molar-refractivity contribution in [3.8, 4) is 0 Å². The number of nitrogens with zero attached hydrogens (tertiary/aromatic N) is 1. The zero-order valence-corrected chi connectivity index (χ0v) is 19.8. The highest BCUT2D eigenvalue weighted by molar-refractivity contribution is 6.48. The summed E-state index contributed by atoms with van der Waals surface area (Å²) < 4.78 is 0. The summed E-state index contributed by atoms with van der Waals surface area (Å²) in [5.41, 5.74) is 3.30. The number of anilines is 2. The van der Waals surface area contributed by atoms with Gasteiger partial charge in [0.2, 0.25) is 0 Å². The Kier molecular flexibility index (Phi) is 7.01. The van der Waals surface area contributed by atoms with E-state index < -0.39 is 11.8 Å². The van der Waals surface area contributed by atoms with Crippen LogP contribution in [0.15, 0.2) is 83.5 Å². The predicted octanol–water partition coefficient (Wildman–Crippen LogP) is 5.37. The highest BCUT2D eigenvalue weighted by atomic mass is 35.5. The number of aryl methyl sites for hydroxylation is 1. The van der Waals surface area contributed by atoms with Gasteiger partial charge < -0.3 is 10.6 Å². The first kappa shape index (κ1) is 23.5. The molecule has 1 heterocycles. The molecule has 0 saturated carbocycles. The molecule has 34 heavy (non-hydrogen) atoms. The Bertz CT molecular complexity index is 1310. The van der Waals surface area contributed by atoms with E-state index in [-0.39, 0.29) is 23.2 Å². The summed E-state index contributed by atoms with van der Waals surface area (Å²) >= 11 is 12.2. The molecule has 3 amide bonds. The highest BCUT2D eigenvalue weighted by Crippen LogP contribution is 2.27. The molecule has 0 fully saturated rings. The number of carbonyl (C=O) groups is 3. The fraction of sp³-hybridized carbons (Fsp3) is 0.115. The van der Waals surface area contributed by atoms with Crippen molar-refractivity contribution in [1.82, 2.24) is 4.90 Å². The molecule has 1 aliphatic heterocycles. The van der Waals surface area contributed by atoms with Crippen LogP contribution in [-0.4, -0.2) is 29.2 Å². The van der Waals surface area contributed by atoms with Gasteiger partial charge in [-0.25, -0.2) is 0 Å². The molecule has 8 heteroatoms. The molecule has 2 N–H and O–H groups in total. The lowest BCUT2D eigenvalue weighted by atomic mass is 10.1. The summed E-state index contributed by atoms with van der Waals surface area (Å²) in [5, 5.41) is 6.17. The number of nitrogens with one attached hydrogen (secondary N) is 2. The van der Waals surface area contributed by atoms with Crippen LogP contribution in [0.4, 0.5) is 11.4 Å². The van der Waals surface area contributed by atoms with Gasteiger partial charge in [0.15, 0.2) is 0 Å². The monoisotopic (exact) mass is 493 g/mol. The van der Waals surface area contributed by atoms with Gasteiger partial charge in [-0.1, -0.05) is 59.6 Å². The van der Waals surface area contributed by atoms with E-state index in [1.807, 2.05) is 37.3 Å². The molecular weight excluding hydrogens is 473 g/mol. The van der Waals surface area contributed by atoms with E-state index in [9.17, 15) is 14.4 Å². The van der Waals surface area contributed by atoms with Crippen molar-refractivity contribution < 1.29 is 14.4 Å². The average molecular weight is 494 g/mol. The van der Waals surface area contributed by atoms with Gasteiger partial charge in [-0.2, -0.15) is 0 Å². The van der Waals surface area contributed by atoms with Crippen LogP contribution in [0, 0.1) is 6.92 Å². The second kappa shape index (κ2) is 10.1. The third kappa shape index (κ3) is 5.14. The Morgan fingerprint density at radius 2 is 1.68 bits per heavy atom. The maximum absolute atomic E-state index is 12.9. The van der Waals surface area contributed by atoms with Crippen LogP contribution in [0.2, 0.25) is 5.02 Å². The van der Waals surface area contributed by atoms with Crippen LogP contribution in [-0.2, 0) is 16.0 Å². The fourth-order valence-corrected chi connectivity index (χ4v) is 4.04. The van der Waals surface area contributed by atoms with Crippen molar-refractivity contribution in [2.24, 2.45) is 0 Å². The largest absolute Gasteiger partial charge is 0.350 e. The molecule has 0 unspecified atom stereocenters. The summed E-state index contributed by atoms with van der Waals surface area (Å²) in [6.07, 6.45) is 0.523. The van der Waals surface area contributed by atoms with Gasteiger partial charge in [0.25, 0.3) is 17.7 Å². The normalized spacial score (nSPS) is 13.4. The van der Waals surface area contributed by atoms with E-state index in [2.05, 4.69) is 10.6 Å². The van der Waals surface area contributed by atoms with Crippen molar-refractivity contribution in [3.63, 3.8) is 0 Å². The standard InChI is InChI=1S/C26H21Cl2N3O3/c1-16-14-19(27)10-11-21(16)30-24(32)18-8-5-9-20(15-18)29-23-22(28)25(33)31(26(23)34)13-12-17-6-3-2-4-7-17/h2-11,14-15,29H,12-13H2,1H3,(H,30,32). The Balaban J connectivity index is 1.46. The van der Waals surface area contributed by atoms with Gasteiger partial charge >= 0.3 is 0 Å². The molecule has 4 rings (SSSR count). The Hall–Kier alpha value is -3.61. The third-order valence-electron chi connectivity index (χ3n) is 5.41. The summed E-state index contributed by atoms with van der Waals surface area (Å²) in [6.45, 7) is 2.06. The fourth-order valence-electron chi connectivity index (χ4n) is 3.59. The topological polar surface area (TPSA) is 78.5 Å². The maximum Gasteiger partial charge on any atom is 0.278 e. The van der Waals surface area contributed by atoms with Gasteiger partial charge in [-0.05, 0) is 60.9 Å². The van der Waals surface area contributed by atoms with Gasteiger partial charge in [-0.3, -0.25) is 19.3 Å². The quantitative estimate of drug-likeness (QED) is 0.433. The number of imide groups is 1. The highest BCUT2D eigenvalue weighted by Gasteiger charge is 2.37. The molecule has 6 nitrogen and oxygen atoms in total. The Morgan fingerprint density at radius 1 is 0.912 bits per heavy atom. The maximum atomic E-state index is 12.9. The van der Waals surface area contributed by atoms with E-state index in [1.165, 1.54) is 0 Å². The third-order valence-corrected chi connectivity index (χ3v) is 5.99. The average Bonchev–Trinajstić information content (AvgIpc) is 3.03. The number of carbonyl (C=O) groups excluding carboxylic acids is 3. The first-order valence-corrected chi connectivity index (χ1v) is 11.3. The van der Waals surface area contributed by atoms with Gasteiger partial charge in [0.05, 0.1) is 0 Å². The number of rotatable bonds is 7. The Labute approximate surface area is 207 Å². The van der Waals surface area contributed by atoms with E-state index in [1.54, 1.807) is 42.5 Å². The minimum Gasteiger partial charge on any atom is -0.350 e. The Morgan fingerprint density at radius 3 is 2.41 bits per heavy atom. The number of benzene rings is 3. The van der Waals surface area contributed by atoms with Crippen molar-refractivity contribution in [3.05, 3.63) is 105 Å². The van der Waals surface area contributed by atoms with Crippen LogP contribution in [0.25, 0.3) is 0 Å². The molecule has 172 valence electrons. The zero-order chi connectivity index (χ0) is 24.2. The summed E-state index contributed by atoms with van der Waals surface area (Å²) in [4.78, 5) is 39.3. The van der Waals surface area contributed by atoms with Crippen molar-refractivity contribution in [1.29, 1.82) is 0 Å². The summed E-state index contributed by atoms with van der Waals surface area (Å²) in [5.74, 6) is -1.37. The molecule has 3 aromatic rings. The molecule has 0 atom stereocenters. The van der Waals surface area contributed by atoms with Gasteiger partial charge in [0.1, 0.15) is 10.7 Å².